The number of benzene rings is 1. The molecule has 0 aliphatic heterocycles. The van der Waals surface area contributed by atoms with E-state index in [1.165, 1.54) is 28.7 Å². The van der Waals surface area contributed by atoms with Crippen molar-refractivity contribution in [1.82, 2.24) is 5.32 Å². The number of rotatable bonds is 5. The molecule has 1 heteroatoms. The van der Waals surface area contributed by atoms with E-state index < -0.39 is 0 Å². The van der Waals surface area contributed by atoms with Crippen LogP contribution in [0.2, 0.25) is 0 Å². The van der Waals surface area contributed by atoms with E-state index in [9.17, 15) is 0 Å². The van der Waals surface area contributed by atoms with E-state index in [0.717, 1.165) is 12.5 Å². The van der Waals surface area contributed by atoms with Crippen LogP contribution in [0.1, 0.15) is 49.4 Å². The fraction of sp³-hybridized carbons (Fsp3) is 0.625. The van der Waals surface area contributed by atoms with E-state index in [1.807, 2.05) is 0 Å². The van der Waals surface area contributed by atoms with Crippen molar-refractivity contribution in [2.75, 3.05) is 0 Å². The molecule has 1 aromatic rings. The Bertz CT molecular complexity index is 368. The number of aryl methyl sites for hydroxylation is 3. The van der Waals surface area contributed by atoms with Crippen LogP contribution in [0.3, 0.4) is 0 Å². The minimum Gasteiger partial charge on any atom is -0.310 e. The SMILES string of the molecule is CCC(C)C(C)NCc1cc(C)c(C)cc1C. The Morgan fingerprint density at radius 1 is 1.00 bits per heavy atom. The molecule has 1 N–H and O–H groups in total. The molecule has 2 atom stereocenters. The molecule has 0 saturated carbocycles. The van der Waals surface area contributed by atoms with Gasteiger partial charge in [-0.25, -0.2) is 0 Å². The first kappa shape index (κ1) is 14.2. The zero-order valence-electron chi connectivity index (χ0n) is 12.2. The van der Waals surface area contributed by atoms with Crippen LogP contribution in [-0.2, 0) is 6.54 Å². The van der Waals surface area contributed by atoms with Crippen molar-refractivity contribution in [3.8, 4) is 0 Å². The summed E-state index contributed by atoms with van der Waals surface area (Å²) >= 11 is 0. The molecule has 0 aliphatic carbocycles. The maximum Gasteiger partial charge on any atom is 0.0210 e. The summed E-state index contributed by atoms with van der Waals surface area (Å²) in [5.74, 6) is 0.738. The van der Waals surface area contributed by atoms with E-state index in [0.29, 0.717) is 6.04 Å². The van der Waals surface area contributed by atoms with Crippen LogP contribution in [-0.4, -0.2) is 6.04 Å². The van der Waals surface area contributed by atoms with Gasteiger partial charge in [-0.3, -0.25) is 0 Å². The maximum atomic E-state index is 3.64. The van der Waals surface area contributed by atoms with E-state index in [4.69, 9.17) is 0 Å². The second-order valence-electron chi connectivity index (χ2n) is 5.42. The van der Waals surface area contributed by atoms with Gasteiger partial charge in [0.1, 0.15) is 0 Å². The fourth-order valence-electron chi connectivity index (χ4n) is 2.04. The second kappa shape index (κ2) is 6.20. The van der Waals surface area contributed by atoms with Gasteiger partial charge in [-0.2, -0.15) is 0 Å². The Labute approximate surface area is 107 Å². The summed E-state index contributed by atoms with van der Waals surface area (Å²) in [4.78, 5) is 0. The topological polar surface area (TPSA) is 12.0 Å². The Balaban J connectivity index is 2.66. The van der Waals surface area contributed by atoms with Gasteiger partial charge in [-0.15, -0.1) is 0 Å². The van der Waals surface area contributed by atoms with Gasteiger partial charge in [0, 0.05) is 12.6 Å². The van der Waals surface area contributed by atoms with Gasteiger partial charge in [-0.05, 0) is 55.9 Å². The van der Waals surface area contributed by atoms with Gasteiger partial charge >= 0.3 is 0 Å². The molecule has 0 radical (unpaired) electrons. The summed E-state index contributed by atoms with van der Waals surface area (Å²) in [6.07, 6.45) is 1.24. The van der Waals surface area contributed by atoms with Crippen LogP contribution in [0, 0.1) is 26.7 Å². The maximum absolute atomic E-state index is 3.64. The Kier molecular flexibility index (Phi) is 5.20. The third kappa shape index (κ3) is 3.85. The number of hydrogen-bond acceptors (Lipinski definition) is 1. The van der Waals surface area contributed by atoms with E-state index in [2.05, 4.69) is 59.0 Å². The lowest BCUT2D eigenvalue weighted by Crippen LogP contribution is -2.31. The zero-order valence-corrected chi connectivity index (χ0v) is 12.2. The highest BCUT2D eigenvalue weighted by Gasteiger charge is 2.10. The molecular weight excluding hydrogens is 206 g/mol. The van der Waals surface area contributed by atoms with E-state index in [-0.39, 0.29) is 0 Å². The summed E-state index contributed by atoms with van der Waals surface area (Å²) in [5, 5.41) is 3.64. The average Bonchev–Trinajstić information content (AvgIpc) is 2.30. The molecule has 2 unspecified atom stereocenters. The minimum atomic E-state index is 0.584. The molecule has 0 aliphatic rings. The smallest absolute Gasteiger partial charge is 0.0210 e. The van der Waals surface area contributed by atoms with Crippen molar-refractivity contribution in [1.29, 1.82) is 0 Å². The minimum absolute atomic E-state index is 0.584. The number of hydrogen-bond donors (Lipinski definition) is 1. The monoisotopic (exact) mass is 233 g/mol. The van der Waals surface area contributed by atoms with Crippen LogP contribution in [0.5, 0.6) is 0 Å². The van der Waals surface area contributed by atoms with Crippen LogP contribution < -0.4 is 5.32 Å². The van der Waals surface area contributed by atoms with Crippen LogP contribution in [0.25, 0.3) is 0 Å². The van der Waals surface area contributed by atoms with Gasteiger partial charge in [0.2, 0.25) is 0 Å². The Morgan fingerprint density at radius 2 is 1.59 bits per heavy atom. The second-order valence-corrected chi connectivity index (χ2v) is 5.42. The molecule has 0 spiro atoms. The molecule has 0 fully saturated rings. The highest BCUT2D eigenvalue weighted by Crippen LogP contribution is 2.16. The van der Waals surface area contributed by atoms with Crippen LogP contribution >= 0.6 is 0 Å². The van der Waals surface area contributed by atoms with Crippen molar-refractivity contribution in [2.24, 2.45) is 5.92 Å². The van der Waals surface area contributed by atoms with Gasteiger partial charge in [0.15, 0.2) is 0 Å². The molecule has 17 heavy (non-hydrogen) atoms. The van der Waals surface area contributed by atoms with Crippen LogP contribution in [0.15, 0.2) is 12.1 Å². The predicted octanol–water partition coefficient (Wildman–Crippen LogP) is 4.14. The summed E-state index contributed by atoms with van der Waals surface area (Å²) in [7, 11) is 0. The van der Waals surface area contributed by atoms with Crippen LogP contribution in [0.4, 0.5) is 0 Å². The summed E-state index contributed by atoms with van der Waals surface area (Å²) in [6, 6.07) is 5.20. The molecule has 0 bridgehead atoms. The molecule has 1 aromatic carbocycles. The van der Waals surface area contributed by atoms with Crippen molar-refractivity contribution in [2.45, 2.75) is 60.5 Å². The lowest BCUT2D eigenvalue weighted by molar-refractivity contribution is 0.389. The van der Waals surface area contributed by atoms with E-state index >= 15 is 0 Å². The highest BCUT2D eigenvalue weighted by atomic mass is 14.9. The third-order valence-corrected chi connectivity index (χ3v) is 4.06. The molecular formula is C16H27N. The highest BCUT2D eigenvalue weighted by molar-refractivity contribution is 5.36. The van der Waals surface area contributed by atoms with Crippen molar-refractivity contribution in [3.63, 3.8) is 0 Å². The molecule has 1 rings (SSSR count). The summed E-state index contributed by atoms with van der Waals surface area (Å²) in [6.45, 7) is 14.4. The molecule has 0 heterocycles. The largest absolute Gasteiger partial charge is 0.310 e. The van der Waals surface area contributed by atoms with Gasteiger partial charge < -0.3 is 5.32 Å². The third-order valence-electron chi connectivity index (χ3n) is 4.06. The van der Waals surface area contributed by atoms with Gasteiger partial charge in [-0.1, -0.05) is 32.4 Å². The van der Waals surface area contributed by atoms with Crippen molar-refractivity contribution in [3.05, 3.63) is 34.4 Å². The van der Waals surface area contributed by atoms with Crippen molar-refractivity contribution >= 4 is 0 Å². The average molecular weight is 233 g/mol. The molecule has 0 aromatic heterocycles. The normalized spacial score (nSPS) is 14.7. The first-order valence-corrected chi connectivity index (χ1v) is 6.75. The summed E-state index contributed by atoms with van der Waals surface area (Å²) in [5.41, 5.74) is 5.62. The standard InChI is InChI=1S/C16H27N/c1-7-11(2)15(6)17-10-16-9-13(4)12(3)8-14(16)5/h8-9,11,15,17H,7,10H2,1-6H3. The molecule has 0 amide bonds. The van der Waals surface area contributed by atoms with E-state index in [1.54, 1.807) is 0 Å². The quantitative estimate of drug-likeness (QED) is 0.806. The first-order valence-electron chi connectivity index (χ1n) is 6.75. The Hall–Kier alpha value is -0.820. The van der Waals surface area contributed by atoms with Crippen molar-refractivity contribution < 1.29 is 0 Å². The lowest BCUT2D eigenvalue weighted by Gasteiger charge is -2.21. The Morgan fingerprint density at radius 3 is 2.18 bits per heavy atom. The molecule has 1 nitrogen and oxygen atoms in total. The summed E-state index contributed by atoms with van der Waals surface area (Å²) < 4.78 is 0. The zero-order chi connectivity index (χ0) is 13.0. The van der Waals surface area contributed by atoms with Gasteiger partial charge in [0.05, 0.1) is 0 Å². The molecule has 96 valence electrons. The lowest BCUT2D eigenvalue weighted by atomic mass is 9.98. The predicted molar refractivity (Wildman–Crippen MR) is 76.4 cm³/mol. The number of nitrogens with one attached hydrogen (secondary N) is 1. The molecule has 0 saturated heterocycles. The first-order chi connectivity index (χ1) is 7.95. The van der Waals surface area contributed by atoms with Gasteiger partial charge in [0.25, 0.3) is 0 Å². The fourth-order valence-corrected chi connectivity index (χ4v) is 2.04.